The Morgan fingerprint density at radius 1 is 1.45 bits per heavy atom. The molecule has 0 fully saturated rings. The molecule has 0 atom stereocenters. The molecule has 0 aliphatic carbocycles. The Bertz CT molecular complexity index is 643. The van der Waals surface area contributed by atoms with Crippen LogP contribution in [0.15, 0.2) is 46.0 Å². The zero-order valence-corrected chi connectivity index (χ0v) is 10.8. The largest absolute Gasteiger partial charge is 0.466 e. The van der Waals surface area contributed by atoms with Crippen molar-refractivity contribution >= 4 is 23.5 Å². The normalized spacial score (nSPS) is 9.65. The van der Waals surface area contributed by atoms with Gasteiger partial charge < -0.3 is 9.15 Å². The van der Waals surface area contributed by atoms with E-state index >= 15 is 0 Å². The van der Waals surface area contributed by atoms with Crippen LogP contribution >= 0.6 is 0 Å². The number of isocyanates is 1. The predicted octanol–water partition coefficient (Wildman–Crippen LogP) is 3.30. The van der Waals surface area contributed by atoms with Gasteiger partial charge in [-0.15, -0.1) is 0 Å². The minimum atomic E-state index is -0.614. The van der Waals surface area contributed by atoms with Gasteiger partial charge in [0.2, 0.25) is 6.08 Å². The fourth-order valence-corrected chi connectivity index (χ4v) is 1.54. The summed E-state index contributed by atoms with van der Waals surface area (Å²) in [7, 11) is 0. The molecule has 1 aromatic carbocycles. The van der Waals surface area contributed by atoms with Gasteiger partial charge in [0, 0.05) is 5.69 Å². The number of carbonyl (C=O) groups is 1. The van der Waals surface area contributed by atoms with E-state index in [9.17, 15) is 9.59 Å². The summed E-state index contributed by atoms with van der Waals surface area (Å²) in [5.74, 6) is 0.552. The number of hydrogen-bond donors (Lipinski definition) is 1. The molecule has 0 radical (unpaired) electrons. The molecule has 0 bridgehead atoms. The van der Waals surface area contributed by atoms with Gasteiger partial charge in [-0.1, -0.05) is 6.07 Å². The minimum Gasteiger partial charge on any atom is -0.466 e. The van der Waals surface area contributed by atoms with Crippen LogP contribution in [-0.2, 0) is 16.1 Å². The number of hydrogen-bond acceptors (Lipinski definition) is 5. The SMILES string of the molecule is Cc1ccc(N=C=O)cc1NC(=O)OCc1ccco1. The summed E-state index contributed by atoms with van der Waals surface area (Å²) in [6.45, 7) is 1.86. The average Bonchev–Trinajstić information content (AvgIpc) is 2.94. The highest BCUT2D eigenvalue weighted by Gasteiger charge is 2.07. The van der Waals surface area contributed by atoms with Gasteiger partial charge in [-0.25, -0.2) is 9.59 Å². The van der Waals surface area contributed by atoms with E-state index in [2.05, 4.69) is 10.3 Å². The number of nitrogens with one attached hydrogen (secondary N) is 1. The number of ether oxygens (including phenoxy) is 1. The van der Waals surface area contributed by atoms with Crippen molar-refractivity contribution in [3.05, 3.63) is 47.9 Å². The lowest BCUT2D eigenvalue weighted by atomic mass is 10.2. The number of aliphatic imine (C=N–C) groups is 1. The number of rotatable bonds is 4. The first-order chi connectivity index (χ1) is 9.69. The van der Waals surface area contributed by atoms with Crippen LogP contribution < -0.4 is 5.32 Å². The summed E-state index contributed by atoms with van der Waals surface area (Å²) in [6, 6.07) is 8.37. The van der Waals surface area contributed by atoms with Crippen LogP contribution in [0.2, 0.25) is 0 Å². The summed E-state index contributed by atoms with van der Waals surface area (Å²) >= 11 is 0. The number of nitrogens with zero attached hydrogens (tertiary/aromatic N) is 1. The summed E-state index contributed by atoms with van der Waals surface area (Å²) in [5, 5.41) is 2.58. The highest BCUT2D eigenvalue weighted by molar-refractivity contribution is 5.86. The highest BCUT2D eigenvalue weighted by Crippen LogP contribution is 2.22. The third kappa shape index (κ3) is 3.57. The van der Waals surface area contributed by atoms with Gasteiger partial charge in [-0.05, 0) is 36.8 Å². The lowest BCUT2D eigenvalue weighted by Gasteiger charge is -2.08. The van der Waals surface area contributed by atoms with Crippen LogP contribution in [0.3, 0.4) is 0 Å². The summed E-state index contributed by atoms with van der Waals surface area (Å²) in [6.07, 6.45) is 2.33. The minimum absolute atomic E-state index is 0.0457. The van der Waals surface area contributed by atoms with Crippen LogP contribution in [0.25, 0.3) is 0 Å². The quantitative estimate of drug-likeness (QED) is 0.684. The molecule has 0 spiro atoms. The molecule has 0 saturated heterocycles. The standard InChI is InChI=1S/C14H12N2O4/c1-10-4-5-11(15-9-17)7-13(10)16-14(18)20-8-12-3-2-6-19-12/h2-7H,8H2,1H3,(H,16,18). The molecule has 2 rings (SSSR count). The summed E-state index contributed by atoms with van der Waals surface area (Å²) in [5.41, 5.74) is 1.75. The van der Waals surface area contributed by atoms with Gasteiger partial charge in [-0.3, -0.25) is 5.32 Å². The Kier molecular flexibility index (Phi) is 4.32. The number of anilines is 1. The Morgan fingerprint density at radius 3 is 3.00 bits per heavy atom. The second-order valence-electron chi connectivity index (χ2n) is 3.98. The zero-order chi connectivity index (χ0) is 14.4. The van der Waals surface area contributed by atoms with Crippen LogP contribution in [0.1, 0.15) is 11.3 Å². The van der Waals surface area contributed by atoms with Crippen molar-refractivity contribution in [1.82, 2.24) is 0 Å². The van der Waals surface area contributed by atoms with E-state index in [1.165, 1.54) is 12.3 Å². The molecule has 6 nitrogen and oxygen atoms in total. The Labute approximate surface area is 115 Å². The Balaban J connectivity index is 1.99. The molecule has 2 aromatic rings. The van der Waals surface area contributed by atoms with Crippen LogP contribution in [0.4, 0.5) is 16.2 Å². The van der Waals surface area contributed by atoms with Crippen molar-refractivity contribution in [2.45, 2.75) is 13.5 Å². The molecule has 1 N–H and O–H groups in total. The van der Waals surface area contributed by atoms with Gasteiger partial charge in [0.15, 0.2) is 6.61 Å². The van der Waals surface area contributed by atoms with Crippen LogP contribution in [0.5, 0.6) is 0 Å². The van der Waals surface area contributed by atoms with E-state index in [1.54, 1.807) is 30.3 Å². The lowest BCUT2D eigenvalue weighted by molar-refractivity contribution is 0.146. The number of amides is 1. The van der Waals surface area contributed by atoms with Crippen molar-refractivity contribution < 1.29 is 18.7 Å². The second kappa shape index (κ2) is 6.36. The Hall–Kier alpha value is -2.85. The molecule has 20 heavy (non-hydrogen) atoms. The van der Waals surface area contributed by atoms with Crippen LogP contribution in [-0.4, -0.2) is 12.2 Å². The number of carbonyl (C=O) groups excluding carboxylic acids is 2. The third-order valence-corrected chi connectivity index (χ3v) is 2.56. The van der Waals surface area contributed by atoms with Gasteiger partial charge in [0.05, 0.1) is 12.0 Å². The van der Waals surface area contributed by atoms with Gasteiger partial charge in [0.25, 0.3) is 0 Å². The number of furan rings is 1. The van der Waals surface area contributed by atoms with Crippen molar-refractivity contribution in [1.29, 1.82) is 0 Å². The maximum absolute atomic E-state index is 11.6. The first-order valence-electron chi connectivity index (χ1n) is 5.84. The van der Waals surface area contributed by atoms with Crippen molar-refractivity contribution in [3.8, 4) is 0 Å². The topological polar surface area (TPSA) is 80.9 Å². The number of benzene rings is 1. The fourth-order valence-electron chi connectivity index (χ4n) is 1.54. The molecule has 1 heterocycles. The summed E-state index contributed by atoms with van der Waals surface area (Å²) < 4.78 is 10.0. The van der Waals surface area contributed by atoms with E-state index in [1.807, 2.05) is 6.92 Å². The summed E-state index contributed by atoms with van der Waals surface area (Å²) in [4.78, 5) is 25.3. The molecule has 0 aliphatic rings. The zero-order valence-electron chi connectivity index (χ0n) is 10.8. The maximum Gasteiger partial charge on any atom is 0.412 e. The lowest BCUT2D eigenvalue weighted by Crippen LogP contribution is -2.14. The average molecular weight is 272 g/mol. The molecular formula is C14H12N2O4. The van der Waals surface area contributed by atoms with E-state index in [0.29, 0.717) is 17.1 Å². The van der Waals surface area contributed by atoms with E-state index < -0.39 is 6.09 Å². The molecule has 0 aliphatic heterocycles. The van der Waals surface area contributed by atoms with Crippen molar-refractivity contribution in [2.75, 3.05) is 5.32 Å². The molecule has 0 unspecified atom stereocenters. The molecule has 0 saturated carbocycles. The van der Waals surface area contributed by atoms with E-state index in [4.69, 9.17) is 9.15 Å². The molecular weight excluding hydrogens is 260 g/mol. The monoisotopic (exact) mass is 272 g/mol. The van der Waals surface area contributed by atoms with Gasteiger partial charge in [-0.2, -0.15) is 4.99 Å². The van der Waals surface area contributed by atoms with Gasteiger partial charge >= 0.3 is 6.09 Å². The third-order valence-electron chi connectivity index (χ3n) is 2.56. The molecule has 1 amide bonds. The fraction of sp³-hybridized carbons (Fsp3) is 0.143. The Morgan fingerprint density at radius 2 is 2.30 bits per heavy atom. The number of aryl methyl sites for hydroxylation is 1. The van der Waals surface area contributed by atoms with Crippen molar-refractivity contribution in [2.24, 2.45) is 4.99 Å². The second-order valence-corrected chi connectivity index (χ2v) is 3.98. The maximum atomic E-state index is 11.6. The van der Waals surface area contributed by atoms with E-state index in [0.717, 1.165) is 5.56 Å². The first-order valence-corrected chi connectivity index (χ1v) is 5.84. The molecule has 6 heteroatoms. The highest BCUT2D eigenvalue weighted by atomic mass is 16.6. The first kappa shape index (κ1) is 13.6. The predicted molar refractivity (Wildman–Crippen MR) is 71.5 cm³/mol. The molecule has 102 valence electrons. The molecule has 1 aromatic heterocycles. The van der Waals surface area contributed by atoms with Crippen LogP contribution in [0, 0.1) is 6.92 Å². The van der Waals surface area contributed by atoms with E-state index in [-0.39, 0.29) is 6.61 Å². The van der Waals surface area contributed by atoms with Gasteiger partial charge in [0.1, 0.15) is 5.76 Å². The van der Waals surface area contributed by atoms with Crippen molar-refractivity contribution in [3.63, 3.8) is 0 Å². The smallest absolute Gasteiger partial charge is 0.412 e.